The summed E-state index contributed by atoms with van der Waals surface area (Å²) >= 11 is 5.98. The number of amides is 1. The SMILES string of the molecule is Cc1cc(O[C@H](C)C(=O)N[C@@H](C)c2ccccc2)ccc1Cl. The zero-order valence-electron chi connectivity index (χ0n) is 13.0. The first kappa shape index (κ1) is 16.4. The summed E-state index contributed by atoms with van der Waals surface area (Å²) in [5, 5.41) is 3.63. The molecule has 2 aromatic rings. The van der Waals surface area contributed by atoms with Crippen LogP contribution in [0.25, 0.3) is 0 Å². The Morgan fingerprint density at radius 1 is 1.14 bits per heavy atom. The summed E-state index contributed by atoms with van der Waals surface area (Å²) in [6.07, 6.45) is -0.577. The van der Waals surface area contributed by atoms with Crippen molar-refractivity contribution >= 4 is 17.5 Å². The summed E-state index contributed by atoms with van der Waals surface area (Å²) < 4.78 is 5.68. The van der Waals surface area contributed by atoms with Crippen molar-refractivity contribution in [2.75, 3.05) is 0 Å². The van der Waals surface area contributed by atoms with E-state index < -0.39 is 6.10 Å². The van der Waals surface area contributed by atoms with E-state index in [0.717, 1.165) is 11.1 Å². The highest BCUT2D eigenvalue weighted by Crippen LogP contribution is 2.22. The van der Waals surface area contributed by atoms with E-state index in [1.54, 1.807) is 19.1 Å². The van der Waals surface area contributed by atoms with Gasteiger partial charge in [0.15, 0.2) is 6.10 Å². The number of hydrogen-bond donors (Lipinski definition) is 1. The van der Waals surface area contributed by atoms with Gasteiger partial charge in [-0.15, -0.1) is 0 Å². The summed E-state index contributed by atoms with van der Waals surface area (Å²) in [4.78, 5) is 12.2. The van der Waals surface area contributed by atoms with Crippen molar-refractivity contribution in [2.45, 2.75) is 32.9 Å². The topological polar surface area (TPSA) is 38.3 Å². The third kappa shape index (κ3) is 4.25. The zero-order valence-corrected chi connectivity index (χ0v) is 13.7. The van der Waals surface area contributed by atoms with E-state index in [0.29, 0.717) is 10.8 Å². The fraction of sp³-hybridized carbons (Fsp3) is 0.278. The lowest BCUT2D eigenvalue weighted by Gasteiger charge is -2.19. The normalized spacial score (nSPS) is 13.3. The first-order valence-electron chi connectivity index (χ1n) is 7.25. The van der Waals surface area contributed by atoms with Crippen LogP contribution in [0.1, 0.15) is 31.0 Å². The molecule has 0 saturated carbocycles. The number of rotatable bonds is 5. The minimum Gasteiger partial charge on any atom is -0.481 e. The van der Waals surface area contributed by atoms with Gasteiger partial charge < -0.3 is 10.1 Å². The van der Waals surface area contributed by atoms with E-state index in [4.69, 9.17) is 16.3 Å². The Kier molecular flexibility index (Phi) is 5.45. The van der Waals surface area contributed by atoms with E-state index in [1.165, 1.54) is 0 Å². The van der Waals surface area contributed by atoms with Crippen molar-refractivity contribution in [1.29, 1.82) is 0 Å². The van der Waals surface area contributed by atoms with Gasteiger partial charge in [-0.1, -0.05) is 41.9 Å². The summed E-state index contributed by atoms with van der Waals surface area (Å²) in [5.41, 5.74) is 1.98. The average Bonchev–Trinajstić information content (AvgIpc) is 2.51. The van der Waals surface area contributed by atoms with Crippen LogP contribution in [0.4, 0.5) is 0 Å². The van der Waals surface area contributed by atoms with E-state index in [9.17, 15) is 4.79 Å². The molecule has 4 heteroatoms. The van der Waals surface area contributed by atoms with Gasteiger partial charge in [-0.3, -0.25) is 4.79 Å². The van der Waals surface area contributed by atoms with Crippen LogP contribution in [0.5, 0.6) is 5.75 Å². The van der Waals surface area contributed by atoms with Crippen molar-refractivity contribution in [2.24, 2.45) is 0 Å². The minimum absolute atomic E-state index is 0.0632. The summed E-state index contributed by atoms with van der Waals surface area (Å²) in [6, 6.07) is 15.1. The smallest absolute Gasteiger partial charge is 0.261 e. The summed E-state index contributed by atoms with van der Waals surface area (Å²) in [7, 11) is 0. The van der Waals surface area contributed by atoms with Gasteiger partial charge in [0.2, 0.25) is 0 Å². The predicted octanol–water partition coefficient (Wildman–Crippen LogP) is 4.29. The van der Waals surface area contributed by atoms with Gasteiger partial charge >= 0.3 is 0 Å². The number of carbonyl (C=O) groups is 1. The van der Waals surface area contributed by atoms with Crippen LogP contribution < -0.4 is 10.1 Å². The van der Waals surface area contributed by atoms with E-state index in [-0.39, 0.29) is 11.9 Å². The van der Waals surface area contributed by atoms with Gasteiger partial charge in [0.25, 0.3) is 5.91 Å². The Labute approximate surface area is 136 Å². The molecular weight excluding hydrogens is 298 g/mol. The van der Waals surface area contributed by atoms with E-state index in [1.807, 2.05) is 50.2 Å². The molecule has 0 aliphatic carbocycles. The third-order valence-corrected chi connectivity index (χ3v) is 3.89. The molecule has 1 amide bonds. The largest absolute Gasteiger partial charge is 0.481 e. The molecule has 2 rings (SSSR count). The minimum atomic E-state index is -0.577. The van der Waals surface area contributed by atoms with Gasteiger partial charge in [0.1, 0.15) is 5.75 Å². The molecule has 3 nitrogen and oxygen atoms in total. The molecule has 0 bridgehead atoms. The second kappa shape index (κ2) is 7.32. The quantitative estimate of drug-likeness (QED) is 0.893. The summed E-state index contributed by atoms with van der Waals surface area (Å²) in [5.74, 6) is 0.487. The first-order valence-corrected chi connectivity index (χ1v) is 7.63. The van der Waals surface area contributed by atoms with E-state index >= 15 is 0 Å². The van der Waals surface area contributed by atoms with Crippen molar-refractivity contribution in [3.05, 3.63) is 64.7 Å². The van der Waals surface area contributed by atoms with Crippen LogP contribution in [0.3, 0.4) is 0 Å². The van der Waals surface area contributed by atoms with Gasteiger partial charge in [-0.2, -0.15) is 0 Å². The molecule has 2 aromatic carbocycles. The van der Waals surface area contributed by atoms with Gasteiger partial charge in [-0.25, -0.2) is 0 Å². The molecule has 22 heavy (non-hydrogen) atoms. The Morgan fingerprint density at radius 3 is 2.45 bits per heavy atom. The second-order valence-corrected chi connectivity index (χ2v) is 5.72. The molecule has 2 atom stereocenters. The maximum Gasteiger partial charge on any atom is 0.261 e. The number of hydrogen-bond acceptors (Lipinski definition) is 2. The van der Waals surface area contributed by atoms with Crippen LogP contribution in [-0.4, -0.2) is 12.0 Å². The van der Waals surface area contributed by atoms with Crippen LogP contribution in [0, 0.1) is 6.92 Å². The molecule has 0 aliphatic heterocycles. The lowest BCUT2D eigenvalue weighted by molar-refractivity contribution is -0.127. The highest BCUT2D eigenvalue weighted by molar-refractivity contribution is 6.31. The highest BCUT2D eigenvalue weighted by Gasteiger charge is 2.17. The zero-order chi connectivity index (χ0) is 16.1. The number of carbonyl (C=O) groups excluding carboxylic acids is 1. The number of ether oxygens (including phenoxy) is 1. The highest BCUT2D eigenvalue weighted by atomic mass is 35.5. The molecule has 0 saturated heterocycles. The number of aryl methyl sites for hydroxylation is 1. The molecule has 0 aromatic heterocycles. The lowest BCUT2D eigenvalue weighted by Crippen LogP contribution is -2.37. The van der Waals surface area contributed by atoms with Crippen LogP contribution in [0.15, 0.2) is 48.5 Å². The van der Waals surface area contributed by atoms with Crippen molar-refractivity contribution in [3.8, 4) is 5.75 Å². The Hall–Kier alpha value is -2.00. The second-order valence-electron chi connectivity index (χ2n) is 5.31. The van der Waals surface area contributed by atoms with Crippen LogP contribution in [0.2, 0.25) is 5.02 Å². The van der Waals surface area contributed by atoms with Crippen molar-refractivity contribution < 1.29 is 9.53 Å². The Bertz CT molecular complexity index is 643. The third-order valence-electron chi connectivity index (χ3n) is 3.47. The molecular formula is C18H20ClNO2. The molecule has 0 spiro atoms. The monoisotopic (exact) mass is 317 g/mol. The number of nitrogens with one attached hydrogen (secondary N) is 1. The molecule has 0 fully saturated rings. The standard InChI is InChI=1S/C18H20ClNO2/c1-12-11-16(9-10-17(12)19)22-14(3)18(21)20-13(2)15-7-5-4-6-8-15/h4-11,13-14H,1-3H3,(H,20,21)/t13-,14+/m0/s1. The fourth-order valence-electron chi connectivity index (χ4n) is 2.10. The number of benzene rings is 2. The van der Waals surface area contributed by atoms with Crippen molar-refractivity contribution in [3.63, 3.8) is 0 Å². The molecule has 0 heterocycles. The van der Waals surface area contributed by atoms with E-state index in [2.05, 4.69) is 5.32 Å². The molecule has 0 aliphatic rings. The van der Waals surface area contributed by atoms with Gasteiger partial charge in [-0.05, 0) is 50.1 Å². The maximum absolute atomic E-state index is 12.2. The number of halogens is 1. The Balaban J connectivity index is 1.95. The summed E-state index contributed by atoms with van der Waals surface area (Å²) in [6.45, 7) is 5.58. The molecule has 0 unspecified atom stereocenters. The molecule has 116 valence electrons. The van der Waals surface area contributed by atoms with Gasteiger partial charge in [0.05, 0.1) is 6.04 Å². The lowest BCUT2D eigenvalue weighted by atomic mass is 10.1. The Morgan fingerprint density at radius 2 is 1.82 bits per heavy atom. The van der Waals surface area contributed by atoms with Crippen LogP contribution in [-0.2, 0) is 4.79 Å². The predicted molar refractivity (Wildman–Crippen MR) is 89.3 cm³/mol. The van der Waals surface area contributed by atoms with Crippen molar-refractivity contribution in [1.82, 2.24) is 5.32 Å². The molecule has 1 N–H and O–H groups in total. The van der Waals surface area contributed by atoms with Gasteiger partial charge in [0, 0.05) is 5.02 Å². The maximum atomic E-state index is 12.2. The van der Waals surface area contributed by atoms with Crippen LogP contribution >= 0.6 is 11.6 Å². The molecule has 0 radical (unpaired) electrons. The fourth-order valence-corrected chi connectivity index (χ4v) is 2.22. The first-order chi connectivity index (χ1) is 10.5. The average molecular weight is 318 g/mol.